The fourth-order valence-electron chi connectivity index (χ4n) is 1.51. The van der Waals surface area contributed by atoms with Crippen molar-refractivity contribution in [3.05, 3.63) is 29.8 Å². The molecule has 2 heteroatoms. The molecule has 0 N–H and O–H groups in total. The van der Waals surface area contributed by atoms with Crippen LogP contribution in [0.4, 0.5) is 0 Å². The van der Waals surface area contributed by atoms with Gasteiger partial charge in [0, 0.05) is 6.42 Å². The van der Waals surface area contributed by atoms with Gasteiger partial charge in [-0.3, -0.25) is 0 Å². The second kappa shape index (κ2) is 4.96. The van der Waals surface area contributed by atoms with Crippen molar-refractivity contribution >= 4 is 6.29 Å². The Morgan fingerprint density at radius 2 is 2.27 bits per heavy atom. The fourth-order valence-corrected chi connectivity index (χ4v) is 1.51. The van der Waals surface area contributed by atoms with Crippen LogP contribution in [0.2, 0.25) is 0 Å². The average molecular weight is 204 g/mol. The van der Waals surface area contributed by atoms with Crippen molar-refractivity contribution in [1.29, 1.82) is 0 Å². The van der Waals surface area contributed by atoms with Crippen molar-refractivity contribution in [2.45, 2.75) is 25.7 Å². The predicted octanol–water partition coefficient (Wildman–Crippen LogP) is 2.61. The molecule has 0 unspecified atom stereocenters. The molecule has 0 spiro atoms. The molecule has 15 heavy (non-hydrogen) atoms. The normalized spacial score (nSPS) is 14.9. The summed E-state index contributed by atoms with van der Waals surface area (Å²) in [6.45, 7) is 0.844. The maximum Gasteiger partial charge on any atom is 0.120 e. The third-order valence-corrected chi connectivity index (χ3v) is 2.63. The number of aldehydes is 1. The molecular weight excluding hydrogens is 188 g/mol. The monoisotopic (exact) mass is 204 g/mol. The molecule has 0 amide bonds. The zero-order valence-electron chi connectivity index (χ0n) is 8.82. The number of hydrogen-bond donors (Lipinski definition) is 0. The minimum absolute atomic E-state index is 0.589. The van der Waals surface area contributed by atoms with E-state index in [-0.39, 0.29) is 0 Å². The number of aryl methyl sites for hydroxylation is 1. The van der Waals surface area contributed by atoms with Crippen LogP contribution >= 0.6 is 0 Å². The number of benzene rings is 1. The van der Waals surface area contributed by atoms with E-state index >= 15 is 0 Å². The zero-order chi connectivity index (χ0) is 10.5. The lowest BCUT2D eigenvalue weighted by Crippen LogP contribution is -1.99. The fraction of sp³-hybridized carbons (Fsp3) is 0.462. The molecule has 0 radical (unpaired) electrons. The van der Waals surface area contributed by atoms with Gasteiger partial charge in [-0.2, -0.15) is 0 Å². The molecule has 80 valence electrons. The van der Waals surface area contributed by atoms with Gasteiger partial charge in [-0.1, -0.05) is 12.1 Å². The molecule has 1 aliphatic rings. The summed E-state index contributed by atoms with van der Waals surface area (Å²) in [5.74, 6) is 1.72. The summed E-state index contributed by atoms with van der Waals surface area (Å²) in [7, 11) is 0. The van der Waals surface area contributed by atoms with Crippen molar-refractivity contribution < 1.29 is 9.53 Å². The number of carbonyl (C=O) groups excluding carboxylic acids is 1. The molecule has 1 saturated carbocycles. The van der Waals surface area contributed by atoms with Gasteiger partial charge in [0.2, 0.25) is 0 Å². The Kier molecular flexibility index (Phi) is 3.38. The maximum absolute atomic E-state index is 10.3. The quantitative estimate of drug-likeness (QED) is 0.666. The molecule has 1 aromatic carbocycles. The molecule has 0 saturated heterocycles. The number of rotatable bonds is 6. The first-order valence-corrected chi connectivity index (χ1v) is 5.54. The van der Waals surface area contributed by atoms with Crippen LogP contribution in [-0.2, 0) is 11.2 Å². The first-order valence-electron chi connectivity index (χ1n) is 5.54. The molecule has 0 aromatic heterocycles. The molecule has 2 nitrogen and oxygen atoms in total. The summed E-state index contributed by atoms with van der Waals surface area (Å²) >= 11 is 0. The van der Waals surface area contributed by atoms with Crippen molar-refractivity contribution in [1.82, 2.24) is 0 Å². The highest BCUT2D eigenvalue weighted by Gasteiger charge is 2.21. The molecule has 0 bridgehead atoms. The van der Waals surface area contributed by atoms with Gasteiger partial charge in [0.15, 0.2) is 0 Å². The highest BCUT2D eigenvalue weighted by molar-refractivity contribution is 5.50. The lowest BCUT2D eigenvalue weighted by Gasteiger charge is -2.06. The minimum Gasteiger partial charge on any atom is -0.493 e. The number of hydrogen-bond acceptors (Lipinski definition) is 2. The number of carbonyl (C=O) groups is 1. The van der Waals surface area contributed by atoms with Crippen LogP contribution < -0.4 is 4.74 Å². The minimum atomic E-state index is 0.589. The highest BCUT2D eigenvalue weighted by atomic mass is 16.5. The predicted molar refractivity (Wildman–Crippen MR) is 59.0 cm³/mol. The lowest BCUT2D eigenvalue weighted by atomic mass is 10.1. The van der Waals surface area contributed by atoms with Gasteiger partial charge in [-0.25, -0.2) is 0 Å². The van der Waals surface area contributed by atoms with E-state index in [0.29, 0.717) is 6.42 Å². The summed E-state index contributed by atoms with van der Waals surface area (Å²) in [6, 6.07) is 8.04. The number of ether oxygens (including phenoxy) is 1. The Morgan fingerprint density at radius 1 is 1.40 bits per heavy atom. The van der Waals surface area contributed by atoms with Crippen LogP contribution in [-0.4, -0.2) is 12.9 Å². The lowest BCUT2D eigenvalue weighted by molar-refractivity contribution is -0.107. The molecule has 1 fully saturated rings. The van der Waals surface area contributed by atoms with Crippen molar-refractivity contribution in [2.24, 2.45) is 5.92 Å². The van der Waals surface area contributed by atoms with E-state index < -0.39 is 0 Å². The second-order valence-electron chi connectivity index (χ2n) is 4.11. The Labute approximate surface area is 90.3 Å². The van der Waals surface area contributed by atoms with Gasteiger partial charge in [0.05, 0.1) is 6.61 Å². The third-order valence-electron chi connectivity index (χ3n) is 2.63. The molecule has 1 aliphatic carbocycles. The van der Waals surface area contributed by atoms with Gasteiger partial charge in [-0.05, 0) is 42.9 Å². The van der Waals surface area contributed by atoms with Crippen LogP contribution in [0.3, 0.4) is 0 Å². The summed E-state index contributed by atoms with van der Waals surface area (Å²) < 4.78 is 5.66. The highest BCUT2D eigenvalue weighted by Crippen LogP contribution is 2.29. The largest absolute Gasteiger partial charge is 0.493 e. The Bertz CT molecular complexity index is 329. The molecule has 0 aliphatic heterocycles. The van der Waals surface area contributed by atoms with Gasteiger partial charge in [0.25, 0.3) is 0 Å². The Morgan fingerprint density at radius 3 is 3.00 bits per heavy atom. The van der Waals surface area contributed by atoms with Crippen LogP contribution in [0.25, 0.3) is 0 Å². The summed E-state index contributed by atoms with van der Waals surface area (Å²) in [4.78, 5) is 10.3. The van der Waals surface area contributed by atoms with E-state index in [2.05, 4.69) is 0 Å². The van der Waals surface area contributed by atoms with E-state index in [1.54, 1.807) is 0 Å². The summed E-state index contributed by atoms with van der Waals surface area (Å²) in [5.41, 5.74) is 1.18. The van der Waals surface area contributed by atoms with Crippen LogP contribution in [0.5, 0.6) is 5.75 Å². The van der Waals surface area contributed by atoms with Gasteiger partial charge < -0.3 is 9.53 Å². The van der Waals surface area contributed by atoms with Gasteiger partial charge in [-0.15, -0.1) is 0 Å². The molecular formula is C13H16O2. The van der Waals surface area contributed by atoms with Gasteiger partial charge >= 0.3 is 0 Å². The van der Waals surface area contributed by atoms with Crippen LogP contribution in [0, 0.1) is 5.92 Å². The first kappa shape index (κ1) is 10.2. The van der Waals surface area contributed by atoms with Crippen molar-refractivity contribution in [3.8, 4) is 5.75 Å². The summed E-state index contributed by atoms with van der Waals surface area (Å²) in [6.07, 6.45) is 4.98. The first-order chi connectivity index (χ1) is 7.38. The van der Waals surface area contributed by atoms with E-state index in [1.807, 2.05) is 24.3 Å². The Balaban J connectivity index is 1.88. The Hall–Kier alpha value is -1.31. The van der Waals surface area contributed by atoms with Crippen LogP contribution in [0.1, 0.15) is 24.8 Å². The third kappa shape index (κ3) is 3.39. The second-order valence-corrected chi connectivity index (χ2v) is 4.11. The standard InChI is InChI=1S/C13H16O2/c14-8-2-4-11-3-1-5-13(9-11)15-10-12-6-7-12/h1,3,5,8-9,12H,2,4,6-7,10H2. The average Bonchev–Trinajstić information content (AvgIpc) is 3.08. The van der Waals surface area contributed by atoms with E-state index in [4.69, 9.17) is 4.74 Å². The van der Waals surface area contributed by atoms with Crippen molar-refractivity contribution in [2.75, 3.05) is 6.61 Å². The molecule has 2 rings (SSSR count). The molecule has 1 aromatic rings. The van der Waals surface area contributed by atoms with E-state index in [0.717, 1.165) is 31.0 Å². The topological polar surface area (TPSA) is 26.3 Å². The van der Waals surface area contributed by atoms with E-state index in [9.17, 15) is 4.79 Å². The van der Waals surface area contributed by atoms with Crippen molar-refractivity contribution in [3.63, 3.8) is 0 Å². The van der Waals surface area contributed by atoms with Crippen LogP contribution in [0.15, 0.2) is 24.3 Å². The molecule has 0 atom stereocenters. The smallest absolute Gasteiger partial charge is 0.120 e. The maximum atomic E-state index is 10.3. The molecule has 0 heterocycles. The zero-order valence-corrected chi connectivity index (χ0v) is 8.82. The van der Waals surface area contributed by atoms with E-state index in [1.165, 1.54) is 18.4 Å². The van der Waals surface area contributed by atoms with Gasteiger partial charge in [0.1, 0.15) is 12.0 Å². The SMILES string of the molecule is O=CCCc1cccc(OCC2CC2)c1. The summed E-state index contributed by atoms with van der Waals surface area (Å²) in [5, 5.41) is 0.